The highest BCUT2D eigenvalue weighted by Crippen LogP contribution is 2.26. The molecule has 2 N–H and O–H groups in total. The molecule has 1 aliphatic rings. The van der Waals surface area contributed by atoms with Crippen molar-refractivity contribution in [2.45, 2.75) is 31.9 Å². The molecule has 1 saturated heterocycles. The molecule has 3 unspecified atom stereocenters. The summed E-state index contributed by atoms with van der Waals surface area (Å²) >= 11 is 1.85. The molecule has 1 aromatic rings. The maximum Gasteiger partial charge on any atom is 0.231 e. The number of hydrogen-bond acceptors (Lipinski definition) is 6. The topological polar surface area (TPSA) is 74.2 Å². The van der Waals surface area contributed by atoms with Gasteiger partial charge < -0.3 is 15.0 Å². The van der Waals surface area contributed by atoms with Gasteiger partial charge in [0.05, 0.1) is 12.5 Å². The molecule has 2 rings (SSSR count). The van der Waals surface area contributed by atoms with Crippen LogP contribution >= 0.6 is 11.8 Å². The Morgan fingerprint density at radius 3 is 2.94 bits per heavy atom. The summed E-state index contributed by atoms with van der Waals surface area (Å²) in [6.45, 7) is 4.67. The van der Waals surface area contributed by atoms with Crippen molar-refractivity contribution in [3.8, 4) is 0 Å². The Hall–Kier alpha value is -0.590. The Labute approximate surface area is 99.1 Å². The van der Waals surface area contributed by atoms with Crippen molar-refractivity contribution in [1.29, 1.82) is 0 Å². The third-order valence-corrected chi connectivity index (χ3v) is 3.73. The molecule has 5 nitrogen and oxygen atoms in total. The van der Waals surface area contributed by atoms with Crippen LogP contribution in [0.3, 0.4) is 0 Å². The zero-order valence-electron chi connectivity index (χ0n) is 9.55. The summed E-state index contributed by atoms with van der Waals surface area (Å²) in [5.41, 5.74) is 5.79. The number of aromatic nitrogens is 2. The van der Waals surface area contributed by atoms with E-state index in [0.717, 1.165) is 18.1 Å². The standard InChI is InChI=1S/C10H17N3O2S/c1-6(7(2)11)10-12-9(13-15-10)8-5-16-4-3-14-8/h6-8H,3-5,11H2,1-2H3. The number of nitrogens with zero attached hydrogens (tertiary/aromatic N) is 2. The van der Waals surface area contributed by atoms with Crippen LogP contribution in [0.25, 0.3) is 0 Å². The lowest BCUT2D eigenvalue weighted by Gasteiger charge is -2.18. The van der Waals surface area contributed by atoms with Crippen molar-refractivity contribution in [3.05, 3.63) is 11.7 Å². The SMILES string of the molecule is CC(N)C(C)c1nc(C2CSCCO2)no1. The highest BCUT2D eigenvalue weighted by molar-refractivity contribution is 7.99. The largest absolute Gasteiger partial charge is 0.368 e. The van der Waals surface area contributed by atoms with Crippen LogP contribution in [0.2, 0.25) is 0 Å². The first-order chi connectivity index (χ1) is 7.68. The quantitative estimate of drug-likeness (QED) is 0.863. The highest BCUT2D eigenvalue weighted by atomic mass is 32.2. The first-order valence-corrected chi connectivity index (χ1v) is 6.62. The summed E-state index contributed by atoms with van der Waals surface area (Å²) < 4.78 is 10.8. The molecule has 0 aliphatic carbocycles. The molecule has 0 saturated carbocycles. The number of hydrogen-bond donors (Lipinski definition) is 1. The average Bonchev–Trinajstić information content (AvgIpc) is 2.78. The second-order valence-electron chi connectivity index (χ2n) is 4.07. The molecule has 1 aromatic heterocycles. The highest BCUT2D eigenvalue weighted by Gasteiger charge is 2.24. The molecule has 0 radical (unpaired) electrons. The van der Waals surface area contributed by atoms with Crippen LogP contribution in [0.4, 0.5) is 0 Å². The van der Waals surface area contributed by atoms with Crippen LogP contribution in [0.5, 0.6) is 0 Å². The van der Waals surface area contributed by atoms with Crippen LogP contribution in [-0.4, -0.2) is 34.3 Å². The smallest absolute Gasteiger partial charge is 0.231 e. The molecular formula is C10H17N3O2S. The van der Waals surface area contributed by atoms with E-state index >= 15 is 0 Å². The first kappa shape index (κ1) is 11.9. The summed E-state index contributed by atoms with van der Waals surface area (Å²) in [6.07, 6.45) is -0.0310. The lowest BCUT2D eigenvalue weighted by molar-refractivity contribution is 0.0677. The fourth-order valence-electron chi connectivity index (χ4n) is 1.42. The molecule has 0 amide bonds. The molecule has 90 valence electrons. The van der Waals surface area contributed by atoms with Crippen molar-refractivity contribution in [1.82, 2.24) is 10.1 Å². The molecule has 1 fully saturated rings. The van der Waals surface area contributed by atoms with E-state index in [4.69, 9.17) is 15.0 Å². The van der Waals surface area contributed by atoms with E-state index in [9.17, 15) is 0 Å². The fraction of sp³-hybridized carbons (Fsp3) is 0.800. The molecule has 16 heavy (non-hydrogen) atoms. The molecule has 3 atom stereocenters. The second kappa shape index (κ2) is 5.16. The predicted octanol–water partition coefficient (Wildman–Crippen LogP) is 1.32. The molecule has 0 aromatic carbocycles. The number of ether oxygens (including phenoxy) is 1. The predicted molar refractivity (Wildman–Crippen MR) is 62.4 cm³/mol. The average molecular weight is 243 g/mol. The first-order valence-electron chi connectivity index (χ1n) is 5.47. The van der Waals surface area contributed by atoms with Gasteiger partial charge in [0.2, 0.25) is 11.7 Å². The van der Waals surface area contributed by atoms with Gasteiger partial charge in [0, 0.05) is 17.5 Å². The van der Waals surface area contributed by atoms with Crippen molar-refractivity contribution in [2.75, 3.05) is 18.1 Å². The fourth-order valence-corrected chi connectivity index (χ4v) is 2.26. The Kier molecular flexibility index (Phi) is 3.83. The van der Waals surface area contributed by atoms with Gasteiger partial charge in [0.25, 0.3) is 0 Å². The van der Waals surface area contributed by atoms with Crippen molar-refractivity contribution < 1.29 is 9.26 Å². The zero-order valence-corrected chi connectivity index (χ0v) is 10.4. The Morgan fingerprint density at radius 1 is 1.50 bits per heavy atom. The van der Waals surface area contributed by atoms with E-state index in [1.54, 1.807) is 0 Å². The monoisotopic (exact) mass is 243 g/mol. The Balaban J connectivity index is 2.06. The third-order valence-electron chi connectivity index (χ3n) is 2.74. The van der Waals surface area contributed by atoms with Crippen LogP contribution < -0.4 is 5.73 Å². The molecule has 1 aliphatic heterocycles. The van der Waals surface area contributed by atoms with Gasteiger partial charge in [-0.15, -0.1) is 0 Å². The Bertz CT molecular complexity index is 337. The molecule has 0 spiro atoms. The van der Waals surface area contributed by atoms with Gasteiger partial charge in [0.1, 0.15) is 6.10 Å². The summed E-state index contributed by atoms with van der Waals surface area (Å²) in [5, 5.41) is 3.96. The summed E-state index contributed by atoms with van der Waals surface area (Å²) in [5.74, 6) is 3.26. The van der Waals surface area contributed by atoms with Gasteiger partial charge in [-0.2, -0.15) is 16.7 Å². The van der Waals surface area contributed by atoms with E-state index in [0.29, 0.717) is 11.7 Å². The number of nitrogens with two attached hydrogens (primary N) is 1. The van der Waals surface area contributed by atoms with E-state index in [-0.39, 0.29) is 18.1 Å². The van der Waals surface area contributed by atoms with Crippen LogP contribution in [0.15, 0.2) is 4.52 Å². The normalized spacial score (nSPS) is 25.3. The summed E-state index contributed by atoms with van der Waals surface area (Å²) in [7, 11) is 0. The Morgan fingerprint density at radius 2 is 2.31 bits per heavy atom. The van der Waals surface area contributed by atoms with Gasteiger partial charge in [-0.1, -0.05) is 12.1 Å². The zero-order chi connectivity index (χ0) is 11.5. The lowest BCUT2D eigenvalue weighted by atomic mass is 10.1. The second-order valence-corrected chi connectivity index (χ2v) is 5.22. The van der Waals surface area contributed by atoms with Crippen LogP contribution in [0, 0.1) is 0 Å². The van der Waals surface area contributed by atoms with Crippen molar-refractivity contribution >= 4 is 11.8 Å². The van der Waals surface area contributed by atoms with Gasteiger partial charge in [-0.3, -0.25) is 0 Å². The van der Waals surface area contributed by atoms with Gasteiger partial charge >= 0.3 is 0 Å². The van der Waals surface area contributed by atoms with E-state index in [2.05, 4.69) is 10.1 Å². The van der Waals surface area contributed by atoms with Crippen LogP contribution in [0.1, 0.15) is 37.6 Å². The van der Waals surface area contributed by atoms with Crippen LogP contribution in [-0.2, 0) is 4.74 Å². The number of rotatable bonds is 3. The van der Waals surface area contributed by atoms with Crippen molar-refractivity contribution in [3.63, 3.8) is 0 Å². The van der Waals surface area contributed by atoms with Gasteiger partial charge in [-0.25, -0.2) is 0 Å². The molecule has 2 heterocycles. The maximum absolute atomic E-state index is 5.79. The van der Waals surface area contributed by atoms with E-state index in [1.807, 2.05) is 25.6 Å². The van der Waals surface area contributed by atoms with Gasteiger partial charge in [-0.05, 0) is 6.92 Å². The minimum Gasteiger partial charge on any atom is -0.368 e. The van der Waals surface area contributed by atoms with E-state index in [1.165, 1.54) is 0 Å². The minimum absolute atomic E-state index is 0.00921. The summed E-state index contributed by atoms with van der Waals surface area (Å²) in [4.78, 5) is 4.36. The molecule has 6 heteroatoms. The number of thioether (sulfide) groups is 1. The summed E-state index contributed by atoms with van der Waals surface area (Å²) in [6, 6.07) is 0.00921. The minimum atomic E-state index is -0.0310. The maximum atomic E-state index is 5.79. The third kappa shape index (κ3) is 2.56. The van der Waals surface area contributed by atoms with Crippen molar-refractivity contribution in [2.24, 2.45) is 5.73 Å². The van der Waals surface area contributed by atoms with E-state index < -0.39 is 0 Å². The van der Waals surface area contributed by atoms with Gasteiger partial charge in [0.15, 0.2) is 0 Å². The lowest BCUT2D eigenvalue weighted by Crippen LogP contribution is -2.23. The molecular weight excluding hydrogens is 226 g/mol. The molecule has 0 bridgehead atoms.